The standard InChI is InChI=1S/C26H27F2N3O/c27-20-9-5-18(6-10-20)23(19-7-11-21(28)12-8-19)17-30-15-13-22(14-16-30)31-25-4-2-1-3-24(25)29-26(31)32/h1-12,22-23,26,29,32H,13-17H2. The second-order valence-corrected chi connectivity index (χ2v) is 8.63. The molecular formula is C26H27F2N3O. The van der Waals surface area contributed by atoms with Gasteiger partial charge in [0.1, 0.15) is 11.6 Å². The monoisotopic (exact) mass is 435 g/mol. The lowest BCUT2D eigenvalue weighted by atomic mass is 9.90. The minimum Gasteiger partial charge on any atom is -0.356 e. The molecule has 0 aliphatic carbocycles. The predicted octanol–water partition coefficient (Wildman–Crippen LogP) is 4.77. The molecule has 2 aliphatic rings. The zero-order valence-corrected chi connectivity index (χ0v) is 17.8. The number of hydrogen-bond acceptors (Lipinski definition) is 4. The molecular weight excluding hydrogens is 408 g/mol. The quantitative estimate of drug-likeness (QED) is 0.606. The molecule has 1 saturated heterocycles. The Morgan fingerprint density at radius 3 is 2.00 bits per heavy atom. The SMILES string of the molecule is OC1Nc2ccccc2N1C1CCN(CC(c2ccc(F)cc2)c2ccc(F)cc2)CC1. The van der Waals surface area contributed by atoms with Gasteiger partial charge in [-0.1, -0.05) is 36.4 Å². The van der Waals surface area contributed by atoms with Gasteiger partial charge in [-0.3, -0.25) is 0 Å². The molecule has 6 heteroatoms. The lowest BCUT2D eigenvalue weighted by Crippen LogP contribution is -2.49. The Hall–Kier alpha value is -2.96. The van der Waals surface area contributed by atoms with Crippen LogP contribution in [0.2, 0.25) is 0 Å². The van der Waals surface area contributed by atoms with Crippen LogP contribution in [0.1, 0.15) is 29.9 Å². The molecule has 0 saturated carbocycles. The second kappa shape index (κ2) is 8.88. The van der Waals surface area contributed by atoms with Crippen LogP contribution in [0.25, 0.3) is 0 Å². The molecule has 0 amide bonds. The number of likely N-dealkylation sites (tertiary alicyclic amines) is 1. The molecule has 0 bridgehead atoms. The summed E-state index contributed by atoms with van der Waals surface area (Å²) in [6, 6.07) is 21.5. The van der Waals surface area contributed by atoms with Crippen molar-refractivity contribution in [3.05, 3.63) is 95.6 Å². The van der Waals surface area contributed by atoms with Crippen LogP contribution in [-0.4, -0.2) is 42.0 Å². The van der Waals surface area contributed by atoms with E-state index < -0.39 is 6.35 Å². The summed E-state index contributed by atoms with van der Waals surface area (Å²) >= 11 is 0. The fourth-order valence-corrected chi connectivity index (χ4v) is 4.99. The van der Waals surface area contributed by atoms with Crippen molar-refractivity contribution in [1.29, 1.82) is 0 Å². The second-order valence-electron chi connectivity index (χ2n) is 8.63. The minimum absolute atomic E-state index is 0.0347. The first-order valence-electron chi connectivity index (χ1n) is 11.1. The zero-order chi connectivity index (χ0) is 22.1. The molecule has 32 heavy (non-hydrogen) atoms. The number of aliphatic hydroxyl groups excluding tert-OH is 1. The molecule has 3 aromatic rings. The molecule has 3 aromatic carbocycles. The number of fused-ring (bicyclic) bond motifs is 1. The third kappa shape index (κ3) is 4.20. The summed E-state index contributed by atoms with van der Waals surface area (Å²) in [5, 5.41) is 13.7. The topological polar surface area (TPSA) is 38.7 Å². The minimum atomic E-state index is -0.699. The Kier molecular flexibility index (Phi) is 5.81. The third-order valence-corrected chi connectivity index (χ3v) is 6.67. The van der Waals surface area contributed by atoms with E-state index in [2.05, 4.69) is 15.1 Å². The summed E-state index contributed by atoms with van der Waals surface area (Å²) in [6.07, 6.45) is 1.18. The molecule has 166 valence electrons. The van der Waals surface area contributed by atoms with E-state index in [-0.39, 0.29) is 23.6 Å². The maximum atomic E-state index is 13.5. The number of halogens is 2. The third-order valence-electron chi connectivity index (χ3n) is 6.67. The van der Waals surface area contributed by atoms with E-state index >= 15 is 0 Å². The van der Waals surface area contributed by atoms with Gasteiger partial charge in [-0.25, -0.2) is 8.78 Å². The van der Waals surface area contributed by atoms with Crippen molar-refractivity contribution in [1.82, 2.24) is 4.90 Å². The number of hydrogen-bond donors (Lipinski definition) is 2. The fraction of sp³-hybridized carbons (Fsp3) is 0.308. The van der Waals surface area contributed by atoms with Gasteiger partial charge in [0, 0.05) is 31.6 Å². The number of piperidine rings is 1. The summed E-state index contributed by atoms with van der Waals surface area (Å²) in [4.78, 5) is 4.50. The van der Waals surface area contributed by atoms with Crippen molar-refractivity contribution in [3.8, 4) is 0 Å². The van der Waals surface area contributed by atoms with Crippen molar-refractivity contribution in [2.45, 2.75) is 31.2 Å². The number of para-hydroxylation sites is 2. The van der Waals surface area contributed by atoms with Gasteiger partial charge in [-0.15, -0.1) is 0 Å². The molecule has 1 atom stereocenters. The van der Waals surface area contributed by atoms with E-state index in [9.17, 15) is 13.9 Å². The largest absolute Gasteiger partial charge is 0.356 e. The summed E-state index contributed by atoms with van der Waals surface area (Å²) in [5.74, 6) is -0.483. The smallest absolute Gasteiger partial charge is 0.205 e. The van der Waals surface area contributed by atoms with Crippen molar-refractivity contribution in [2.75, 3.05) is 29.9 Å². The number of nitrogens with zero attached hydrogens (tertiary/aromatic N) is 2. The molecule has 2 heterocycles. The lowest BCUT2D eigenvalue weighted by Gasteiger charge is -2.40. The van der Waals surface area contributed by atoms with Crippen LogP contribution in [-0.2, 0) is 0 Å². The molecule has 2 N–H and O–H groups in total. The van der Waals surface area contributed by atoms with Gasteiger partial charge >= 0.3 is 0 Å². The van der Waals surface area contributed by atoms with E-state index in [1.807, 2.05) is 48.5 Å². The highest BCUT2D eigenvalue weighted by molar-refractivity contribution is 5.75. The first-order valence-corrected chi connectivity index (χ1v) is 11.1. The highest BCUT2D eigenvalue weighted by Crippen LogP contribution is 2.37. The summed E-state index contributed by atoms with van der Waals surface area (Å²) < 4.78 is 27.0. The van der Waals surface area contributed by atoms with Crippen LogP contribution in [0, 0.1) is 11.6 Å². The van der Waals surface area contributed by atoms with E-state index in [4.69, 9.17) is 0 Å². The molecule has 0 spiro atoms. The Bertz CT molecular complexity index is 1000. The van der Waals surface area contributed by atoms with Crippen LogP contribution >= 0.6 is 0 Å². The molecule has 1 unspecified atom stereocenters. The van der Waals surface area contributed by atoms with Gasteiger partial charge in [-0.2, -0.15) is 0 Å². The molecule has 4 nitrogen and oxygen atoms in total. The maximum Gasteiger partial charge on any atom is 0.205 e. The van der Waals surface area contributed by atoms with E-state index in [1.165, 1.54) is 24.3 Å². The van der Waals surface area contributed by atoms with E-state index in [0.29, 0.717) is 0 Å². The van der Waals surface area contributed by atoms with Gasteiger partial charge in [-0.05, 0) is 60.4 Å². The van der Waals surface area contributed by atoms with Crippen molar-refractivity contribution < 1.29 is 13.9 Å². The van der Waals surface area contributed by atoms with Crippen LogP contribution < -0.4 is 10.2 Å². The molecule has 0 radical (unpaired) electrons. The van der Waals surface area contributed by atoms with Gasteiger partial charge in [0.2, 0.25) is 6.35 Å². The number of nitrogens with one attached hydrogen (secondary N) is 1. The van der Waals surface area contributed by atoms with Crippen molar-refractivity contribution in [3.63, 3.8) is 0 Å². The first-order chi connectivity index (χ1) is 15.6. The highest BCUT2D eigenvalue weighted by Gasteiger charge is 2.35. The van der Waals surface area contributed by atoms with Crippen molar-refractivity contribution in [2.24, 2.45) is 0 Å². The average molecular weight is 436 g/mol. The Labute approximate surface area is 187 Å². The van der Waals surface area contributed by atoms with Gasteiger partial charge < -0.3 is 20.2 Å². The molecule has 2 aliphatic heterocycles. The lowest BCUT2D eigenvalue weighted by molar-refractivity contribution is 0.155. The van der Waals surface area contributed by atoms with Crippen LogP contribution in [0.4, 0.5) is 20.2 Å². The summed E-state index contributed by atoms with van der Waals surface area (Å²) in [6.45, 7) is 2.57. The molecule has 5 rings (SSSR count). The first kappa shape index (κ1) is 20.9. The van der Waals surface area contributed by atoms with E-state index in [1.54, 1.807) is 0 Å². The summed E-state index contributed by atoms with van der Waals surface area (Å²) in [7, 11) is 0. The van der Waals surface area contributed by atoms with Gasteiger partial charge in [0.15, 0.2) is 0 Å². The summed E-state index contributed by atoms with van der Waals surface area (Å²) in [5.41, 5.74) is 4.06. The van der Waals surface area contributed by atoms with Crippen LogP contribution in [0.3, 0.4) is 0 Å². The number of aliphatic hydroxyl groups is 1. The van der Waals surface area contributed by atoms with Crippen LogP contribution in [0.15, 0.2) is 72.8 Å². The highest BCUT2D eigenvalue weighted by atomic mass is 19.1. The fourth-order valence-electron chi connectivity index (χ4n) is 4.99. The van der Waals surface area contributed by atoms with Gasteiger partial charge in [0.25, 0.3) is 0 Å². The Balaban J connectivity index is 1.30. The Morgan fingerprint density at radius 2 is 1.41 bits per heavy atom. The number of rotatable bonds is 5. The Morgan fingerprint density at radius 1 is 0.844 bits per heavy atom. The number of anilines is 2. The maximum absolute atomic E-state index is 13.5. The molecule has 0 aromatic heterocycles. The predicted molar refractivity (Wildman–Crippen MR) is 123 cm³/mol. The average Bonchev–Trinajstić information content (AvgIpc) is 3.15. The van der Waals surface area contributed by atoms with E-state index in [0.717, 1.165) is 55.0 Å². The normalized spacial score (nSPS) is 19.2. The molecule has 1 fully saturated rings. The number of benzene rings is 3. The zero-order valence-electron chi connectivity index (χ0n) is 17.8. The van der Waals surface area contributed by atoms with Crippen molar-refractivity contribution >= 4 is 11.4 Å². The van der Waals surface area contributed by atoms with Gasteiger partial charge in [0.05, 0.1) is 11.4 Å². The van der Waals surface area contributed by atoms with Crippen LogP contribution in [0.5, 0.6) is 0 Å².